The van der Waals surface area contributed by atoms with Gasteiger partial charge >= 0.3 is 0 Å². The van der Waals surface area contributed by atoms with Gasteiger partial charge in [0.15, 0.2) is 5.13 Å². The van der Waals surface area contributed by atoms with E-state index in [0.717, 1.165) is 0 Å². The Morgan fingerprint density at radius 1 is 1.25 bits per heavy atom. The van der Waals surface area contributed by atoms with Crippen LogP contribution in [-0.2, 0) is 17.6 Å². The fourth-order valence-corrected chi connectivity index (χ4v) is 3.09. The van der Waals surface area contributed by atoms with E-state index in [1.54, 1.807) is 47.8 Å². The van der Waals surface area contributed by atoms with Crippen LogP contribution >= 0.6 is 11.3 Å². The lowest BCUT2D eigenvalue weighted by molar-refractivity contribution is -0.115. The summed E-state index contributed by atoms with van der Waals surface area (Å²) >= 11 is 1.26. The average Bonchev–Trinajstić information content (AvgIpc) is 3.13. The molecule has 0 bridgehead atoms. The SMILES string of the molecule is [2H]C([2H])(Cc1ccc(NC(=O)Cc2csc(N)n2)cc1)CC([2H])([2H])[C@]([2H])(O)c1ccccc1. The summed E-state index contributed by atoms with van der Waals surface area (Å²) in [6, 6.07) is 14.3. The standard InChI is InChI=1S/C22H25N3O2S/c23-22-25-19(15-28-22)14-21(27)24-18-12-10-16(11-13-18)6-4-5-9-20(26)17-7-2-1-3-8-17/h1-3,7-8,10-13,15,20,26H,4-6,9,14H2,(H2,23,25)(H,24,27)/t20-/m0/s1/i4D2,9D2,20D. The Kier molecular flexibility index (Phi) is 5.12. The first-order valence-corrected chi connectivity index (χ1v) is 9.63. The van der Waals surface area contributed by atoms with Crippen molar-refractivity contribution in [1.29, 1.82) is 0 Å². The molecule has 3 aromatic rings. The summed E-state index contributed by atoms with van der Waals surface area (Å²) in [6.45, 7) is 0. The molecule has 5 nitrogen and oxygen atoms in total. The molecule has 0 aliphatic rings. The highest BCUT2D eigenvalue weighted by Gasteiger charge is 2.08. The third-order valence-electron chi connectivity index (χ3n) is 3.91. The molecule has 2 aromatic carbocycles. The molecule has 0 saturated carbocycles. The number of anilines is 2. The van der Waals surface area contributed by atoms with Gasteiger partial charge in [0.25, 0.3) is 0 Å². The number of thiazole rings is 1. The molecule has 0 aliphatic heterocycles. The number of aryl methyl sites for hydroxylation is 1. The molecule has 0 unspecified atom stereocenters. The van der Waals surface area contributed by atoms with Crippen LogP contribution in [0.25, 0.3) is 0 Å². The van der Waals surface area contributed by atoms with E-state index in [0.29, 0.717) is 22.1 Å². The monoisotopic (exact) mass is 400 g/mol. The molecule has 0 spiro atoms. The van der Waals surface area contributed by atoms with Crippen molar-refractivity contribution in [2.24, 2.45) is 0 Å². The van der Waals surface area contributed by atoms with Gasteiger partial charge in [-0.1, -0.05) is 48.9 Å². The van der Waals surface area contributed by atoms with E-state index in [-0.39, 0.29) is 24.3 Å². The van der Waals surface area contributed by atoms with Crippen LogP contribution in [0.5, 0.6) is 0 Å². The van der Waals surface area contributed by atoms with E-state index in [1.807, 2.05) is 0 Å². The number of nitrogens with zero attached hydrogens (tertiary/aromatic N) is 1. The number of hydrogen-bond acceptors (Lipinski definition) is 5. The van der Waals surface area contributed by atoms with Gasteiger partial charge in [-0.25, -0.2) is 4.98 Å². The lowest BCUT2D eigenvalue weighted by atomic mass is 10.0. The molecule has 3 rings (SSSR count). The average molecular weight is 401 g/mol. The highest BCUT2D eigenvalue weighted by atomic mass is 32.1. The number of nitrogens with one attached hydrogen (secondary N) is 1. The zero-order valence-electron chi connectivity index (χ0n) is 20.2. The van der Waals surface area contributed by atoms with Crippen molar-refractivity contribution in [3.63, 3.8) is 0 Å². The first kappa shape index (κ1) is 14.3. The lowest BCUT2D eigenvalue weighted by Gasteiger charge is -2.10. The van der Waals surface area contributed by atoms with Crippen LogP contribution in [0.3, 0.4) is 0 Å². The van der Waals surface area contributed by atoms with Crippen molar-refractivity contribution >= 4 is 28.1 Å². The van der Waals surface area contributed by atoms with Crippen LogP contribution in [0.4, 0.5) is 10.8 Å². The predicted molar refractivity (Wildman–Crippen MR) is 114 cm³/mol. The topological polar surface area (TPSA) is 88.2 Å². The van der Waals surface area contributed by atoms with Gasteiger partial charge in [0.1, 0.15) is 0 Å². The molecule has 146 valence electrons. The van der Waals surface area contributed by atoms with Crippen molar-refractivity contribution in [1.82, 2.24) is 4.98 Å². The van der Waals surface area contributed by atoms with Crippen LogP contribution in [0, 0.1) is 0 Å². The summed E-state index contributed by atoms with van der Waals surface area (Å²) in [5, 5.41) is 15.4. The zero-order chi connectivity index (χ0) is 24.3. The normalized spacial score (nSPS) is 16.7. The lowest BCUT2D eigenvalue weighted by Crippen LogP contribution is -2.14. The number of amides is 1. The Balaban J connectivity index is 1.61. The Bertz CT molecular complexity index is 1090. The summed E-state index contributed by atoms with van der Waals surface area (Å²) in [4.78, 5) is 16.2. The van der Waals surface area contributed by atoms with E-state index in [9.17, 15) is 9.90 Å². The maximum absolute atomic E-state index is 12.1. The molecule has 4 N–H and O–H groups in total. The molecule has 1 atom stereocenters. The number of hydrogen-bond donors (Lipinski definition) is 3. The minimum atomic E-state index is -2.60. The maximum atomic E-state index is 12.1. The molecule has 0 radical (unpaired) electrons. The highest BCUT2D eigenvalue weighted by molar-refractivity contribution is 7.13. The van der Waals surface area contributed by atoms with Crippen LogP contribution < -0.4 is 11.1 Å². The number of nitrogen functional groups attached to an aromatic ring is 1. The first-order chi connectivity index (χ1) is 15.4. The number of nitrogens with two attached hydrogens (primary N) is 1. The predicted octanol–water partition coefficient (Wildman–Crippen LogP) is 4.35. The van der Waals surface area contributed by atoms with Crippen LogP contribution in [0.1, 0.15) is 48.9 Å². The first-order valence-electron chi connectivity index (χ1n) is 11.2. The maximum Gasteiger partial charge on any atom is 0.230 e. The van der Waals surface area contributed by atoms with Gasteiger partial charge in [0.05, 0.1) is 19.6 Å². The largest absolute Gasteiger partial charge is 0.388 e. The Labute approximate surface area is 176 Å². The summed E-state index contributed by atoms with van der Waals surface area (Å²) in [5.74, 6) is -0.257. The van der Waals surface area contributed by atoms with Gasteiger partial charge in [-0.3, -0.25) is 4.79 Å². The number of aromatic nitrogens is 1. The van der Waals surface area contributed by atoms with E-state index in [1.165, 1.54) is 23.5 Å². The van der Waals surface area contributed by atoms with Crippen LogP contribution in [0.2, 0.25) is 0 Å². The molecular formula is C22H25N3O2S. The molecule has 1 heterocycles. The minimum Gasteiger partial charge on any atom is -0.388 e. The molecule has 0 saturated heterocycles. The van der Waals surface area contributed by atoms with Crippen molar-refractivity contribution < 1.29 is 16.8 Å². The van der Waals surface area contributed by atoms with Gasteiger partial charge in [-0.15, -0.1) is 11.3 Å². The number of carbonyl (C=O) groups is 1. The van der Waals surface area contributed by atoms with E-state index >= 15 is 0 Å². The Morgan fingerprint density at radius 3 is 2.68 bits per heavy atom. The fourth-order valence-electron chi connectivity index (χ4n) is 2.53. The summed E-state index contributed by atoms with van der Waals surface area (Å²) < 4.78 is 41.2. The number of carbonyl (C=O) groups excluding carboxylic acids is 1. The van der Waals surface area contributed by atoms with Gasteiger partial charge in [0.2, 0.25) is 5.91 Å². The molecule has 28 heavy (non-hydrogen) atoms. The second-order valence-corrected chi connectivity index (χ2v) is 6.98. The third kappa shape index (κ3) is 6.18. The molecular weight excluding hydrogens is 370 g/mol. The minimum absolute atomic E-state index is 0.0613. The third-order valence-corrected chi connectivity index (χ3v) is 4.63. The summed E-state index contributed by atoms with van der Waals surface area (Å²) in [5.41, 5.74) is 7.33. The number of aliphatic hydroxyl groups is 1. The Hall–Kier alpha value is -2.70. The summed E-state index contributed by atoms with van der Waals surface area (Å²) in [6.07, 6.45) is -7.87. The van der Waals surface area contributed by atoms with Crippen LogP contribution in [-0.4, -0.2) is 16.0 Å². The van der Waals surface area contributed by atoms with E-state index < -0.39 is 25.2 Å². The van der Waals surface area contributed by atoms with Gasteiger partial charge in [0, 0.05) is 16.6 Å². The number of benzene rings is 2. The van der Waals surface area contributed by atoms with Crippen LogP contribution in [0.15, 0.2) is 60.0 Å². The van der Waals surface area contributed by atoms with Gasteiger partial charge < -0.3 is 16.2 Å². The van der Waals surface area contributed by atoms with E-state index in [2.05, 4.69) is 10.3 Å². The Morgan fingerprint density at radius 2 is 2.00 bits per heavy atom. The van der Waals surface area contributed by atoms with E-state index in [4.69, 9.17) is 12.6 Å². The van der Waals surface area contributed by atoms with Crippen molar-refractivity contribution in [3.05, 3.63) is 76.8 Å². The second kappa shape index (κ2) is 10.0. The molecule has 6 heteroatoms. The van der Waals surface area contributed by atoms with Crippen molar-refractivity contribution in [3.8, 4) is 0 Å². The molecule has 1 amide bonds. The van der Waals surface area contributed by atoms with Gasteiger partial charge in [-0.2, -0.15) is 0 Å². The van der Waals surface area contributed by atoms with Gasteiger partial charge in [-0.05, 0) is 42.4 Å². The second-order valence-electron chi connectivity index (χ2n) is 6.09. The molecule has 0 aliphatic carbocycles. The zero-order valence-corrected chi connectivity index (χ0v) is 16.0. The number of rotatable bonds is 9. The summed E-state index contributed by atoms with van der Waals surface area (Å²) in [7, 11) is 0. The quantitative estimate of drug-likeness (QED) is 0.498. The fraction of sp³-hybridized carbons (Fsp3) is 0.273. The smallest absolute Gasteiger partial charge is 0.230 e. The van der Waals surface area contributed by atoms with Crippen molar-refractivity contribution in [2.45, 2.75) is 38.1 Å². The molecule has 0 fully saturated rings. The highest BCUT2D eigenvalue weighted by Crippen LogP contribution is 2.20. The molecule has 1 aromatic heterocycles. The van der Waals surface area contributed by atoms with Crippen molar-refractivity contribution in [2.75, 3.05) is 11.1 Å².